The summed E-state index contributed by atoms with van der Waals surface area (Å²) in [5.41, 5.74) is -1.59. The van der Waals surface area contributed by atoms with Crippen LogP contribution in [0, 0.1) is 5.82 Å². The van der Waals surface area contributed by atoms with E-state index in [0.717, 1.165) is 56.4 Å². The Morgan fingerprint density at radius 3 is 2.26 bits per heavy atom. The van der Waals surface area contributed by atoms with Crippen LogP contribution in [0.25, 0.3) is 0 Å². The molecule has 0 fully saturated rings. The molecular weight excluding hydrogens is 444 g/mol. The molecule has 0 aliphatic rings. The van der Waals surface area contributed by atoms with Crippen LogP contribution in [-0.2, 0) is 30.5 Å². The van der Waals surface area contributed by atoms with Gasteiger partial charge in [0.2, 0.25) is 10.0 Å². The summed E-state index contributed by atoms with van der Waals surface area (Å²) in [4.78, 5) is 23.9. The van der Waals surface area contributed by atoms with Gasteiger partial charge in [-0.25, -0.2) is 12.8 Å². The van der Waals surface area contributed by atoms with Crippen molar-refractivity contribution in [2.75, 3.05) is 18.9 Å². The topological polar surface area (TPSA) is 92.8 Å². The number of alkyl halides is 3. The second kappa shape index (κ2) is 9.43. The van der Waals surface area contributed by atoms with E-state index in [1.54, 1.807) is 0 Å². The normalized spacial score (nSPS) is 13.0. The van der Waals surface area contributed by atoms with Gasteiger partial charge >= 0.3 is 12.1 Å². The Bertz CT molecular complexity index is 1060. The average Bonchev–Trinajstić information content (AvgIpc) is 2.67. The van der Waals surface area contributed by atoms with E-state index in [9.17, 15) is 35.6 Å². The lowest BCUT2D eigenvalue weighted by atomic mass is 10.1. The molecule has 0 aliphatic carbocycles. The van der Waals surface area contributed by atoms with Crippen LogP contribution in [0.15, 0.2) is 53.4 Å². The molecule has 2 aromatic rings. The third kappa shape index (κ3) is 6.25. The molecule has 7 nitrogen and oxygen atoms in total. The molecule has 1 N–H and O–H groups in total. The van der Waals surface area contributed by atoms with Gasteiger partial charge in [0, 0.05) is 7.05 Å². The summed E-state index contributed by atoms with van der Waals surface area (Å²) in [6, 6.07) is 8.16. The molecule has 0 aliphatic heterocycles. The fourth-order valence-corrected chi connectivity index (χ4v) is 3.53. The van der Waals surface area contributed by atoms with E-state index in [4.69, 9.17) is 4.74 Å². The number of likely N-dealkylation sites (N-methyl/N-ethyl adjacent to an activating group) is 1. The largest absolute Gasteiger partial charge is 0.452 e. The first-order chi connectivity index (χ1) is 14.3. The summed E-state index contributed by atoms with van der Waals surface area (Å²) in [7, 11) is -3.06. The first-order valence-corrected chi connectivity index (χ1v) is 10.1. The minimum Gasteiger partial charge on any atom is -0.452 e. The maximum absolute atomic E-state index is 13.0. The quantitative estimate of drug-likeness (QED) is 0.505. The van der Waals surface area contributed by atoms with Crippen molar-refractivity contribution in [3.8, 4) is 0 Å². The summed E-state index contributed by atoms with van der Waals surface area (Å²) in [6.45, 7) is 0.342. The number of anilines is 1. The Morgan fingerprint density at radius 2 is 1.68 bits per heavy atom. The first kappa shape index (κ1) is 24.3. The van der Waals surface area contributed by atoms with Gasteiger partial charge in [-0.3, -0.25) is 9.59 Å². The van der Waals surface area contributed by atoms with Crippen molar-refractivity contribution in [2.45, 2.75) is 24.1 Å². The van der Waals surface area contributed by atoms with Crippen LogP contribution in [0.3, 0.4) is 0 Å². The van der Waals surface area contributed by atoms with Crippen molar-refractivity contribution in [2.24, 2.45) is 0 Å². The molecule has 0 spiro atoms. The minimum atomic E-state index is -4.71. The number of hydrogen-bond donors (Lipinski definition) is 1. The number of carbonyl (C=O) groups is 2. The monoisotopic (exact) mass is 462 g/mol. The average molecular weight is 462 g/mol. The number of esters is 1. The van der Waals surface area contributed by atoms with Crippen molar-refractivity contribution in [1.29, 1.82) is 0 Å². The molecule has 168 valence electrons. The van der Waals surface area contributed by atoms with E-state index in [2.05, 4.69) is 0 Å². The van der Waals surface area contributed by atoms with E-state index in [-0.39, 0.29) is 4.90 Å². The molecule has 0 radical (unpaired) electrons. The predicted octanol–water partition coefficient (Wildman–Crippen LogP) is 3.04. The minimum absolute atomic E-state index is 0.265. The van der Waals surface area contributed by atoms with Crippen LogP contribution in [0.4, 0.5) is 23.2 Å². The van der Waals surface area contributed by atoms with Crippen molar-refractivity contribution < 1.29 is 40.3 Å². The highest BCUT2D eigenvalue weighted by Crippen LogP contribution is 2.34. The number of carbonyl (C=O) groups excluding carboxylic acids is 2. The molecule has 31 heavy (non-hydrogen) atoms. The highest BCUT2D eigenvalue weighted by molar-refractivity contribution is 7.89. The van der Waals surface area contributed by atoms with Gasteiger partial charge in [0.1, 0.15) is 12.4 Å². The molecule has 0 saturated heterocycles. The molecule has 2 aromatic carbocycles. The number of nitrogens with zero attached hydrogens (tertiary/aromatic N) is 1. The Hall–Kier alpha value is -2.99. The summed E-state index contributed by atoms with van der Waals surface area (Å²) >= 11 is 0. The highest BCUT2D eigenvalue weighted by Gasteiger charge is 2.34. The zero-order chi connectivity index (χ0) is 23.4. The Kier molecular flexibility index (Phi) is 7.39. The van der Waals surface area contributed by atoms with E-state index in [1.165, 1.54) is 6.07 Å². The van der Waals surface area contributed by atoms with Crippen LogP contribution in [0.5, 0.6) is 0 Å². The predicted molar refractivity (Wildman–Crippen MR) is 102 cm³/mol. The van der Waals surface area contributed by atoms with Gasteiger partial charge in [0.05, 0.1) is 16.1 Å². The second-order valence-corrected chi connectivity index (χ2v) is 8.42. The number of nitrogens with one attached hydrogen (secondary N) is 1. The maximum atomic E-state index is 13.0. The molecule has 12 heteroatoms. The standard InChI is InChI=1S/C19H18F4N2O5S/c1-12(18(27)24-16-6-4-3-5-15(16)19(21,22)23)30-17(26)11-25(2)31(28,29)14-9-7-13(20)8-10-14/h3-10,12H,11H2,1-2H3,(H,24,27). The van der Waals surface area contributed by atoms with Crippen molar-refractivity contribution >= 4 is 27.6 Å². The van der Waals surface area contributed by atoms with Crippen LogP contribution < -0.4 is 5.32 Å². The molecule has 0 saturated carbocycles. The van der Waals surface area contributed by atoms with Gasteiger partial charge in [0.25, 0.3) is 5.91 Å². The summed E-state index contributed by atoms with van der Waals surface area (Å²) in [5.74, 6) is -2.79. The zero-order valence-electron chi connectivity index (χ0n) is 16.3. The van der Waals surface area contributed by atoms with Crippen LogP contribution in [0.2, 0.25) is 0 Å². The Morgan fingerprint density at radius 1 is 1.10 bits per heavy atom. The Balaban J connectivity index is 2.01. The van der Waals surface area contributed by atoms with Gasteiger partial charge in [-0.1, -0.05) is 12.1 Å². The third-order valence-electron chi connectivity index (χ3n) is 4.04. The number of amides is 1. The molecule has 0 heterocycles. The molecule has 0 bridgehead atoms. The fraction of sp³-hybridized carbons (Fsp3) is 0.263. The summed E-state index contributed by atoms with van der Waals surface area (Å²) < 4.78 is 82.2. The van der Waals surface area contributed by atoms with Gasteiger partial charge < -0.3 is 10.1 Å². The van der Waals surface area contributed by atoms with E-state index in [1.807, 2.05) is 5.32 Å². The van der Waals surface area contributed by atoms with E-state index in [0.29, 0.717) is 4.31 Å². The van der Waals surface area contributed by atoms with Gasteiger partial charge in [-0.2, -0.15) is 17.5 Å². The van der Waals surface area contributed by atoms with Crippen LogP contribution in [0.1, 0.15) is 12.5 Å². The Labute approximate surface area is 175 Å². The SMILES string of the molecule is CC(OC(=O)CN(C)S(=O)(=O)c1ccc(F)cc1)C(=O)Nc1ccccc1C(F)(F)F. The van der Waals surface area contributed by atoms with Gasteiger partial charge in [0.15, 0.2) is 6.10 Å². The third-order valence-corrected chi connectivity index (χ3v) is 5.86. The highest BCUT2D eigenvalue weighted by atomic mass is 32.2. The molecular formula is C19H18F4N2O5S. The lowest BCUT2D eigenvalue weighted by molar-refractivity contribution is -0.153. The molecule has 0 aromatic heterocycles. The van der Waals surface area contributed by atoms with Gasteiger partial charge in [-0.05, 0) is 43.3 Å². The number of benzene rings is 2. The van der Waals surface area contributed by atoms with Gasteiger partial charge in [-0.15, -0.1) is 0 Å². The number of halogens is 4. The first-order valence-electron chi connectivity index (χ1n) is 8.71. The van der Waals surface area contributed by atoms with Crippen molar-refractivity contribution in [3.63, 3.8) is 0 Å². The summed E-state index contributed by atoms with van der Waals surface area (Å²) in [5, 5.41) is 2.03. The maximum Gasteiger partial charge on any atom is 0.418 e. The molecule has 2 rings (SSSR count). The summed E-state index contributed by atoms with van der Waals surface area (Å²) in [6.07, 6.45) is -6.21. The molecule has 1 amide bonds. The van der Waals surface area contributed by atoms with Crippen LogP contribution >= 0.6 is 0 Å². The van der Waals surface area contributed by atoms with Crippen LogP contribution in [-0.4, -0.2) is 44.3 Å². The van der Waals surface area contributed by atoms with Crippen molar-refractivity contribution in [3.05, 3.63) is 59.9 Å². The fourth-order valence-electron chi connectivity index (χ4n) is 2.41. The lowest BCUT2D eigenvalue weighted by Crippen LogP contribution is -2.37. The van der Waals surface area contributed by atoms with E-state index < -0.39 is 57.8 Å². The number of hydrogen-bond acceptors (Lipinski definition) is 5. The number of sulfonamides is 1. The van der Waals surface area contributed by atoms with Crippen molar-refractivity contribution in [1.82, 2.24) is 4.31 Å². The van der Waals surface area contributed by atoms with E-state index >= 15 is 0 Å². The second-order valence-electron chi connectivity index (χ2n) is 6.38. The zero-order valence-corrected chi connectivity index (χ0v) is 17.1. The number of ether oxygens (including phenoxy) is 1. The molecule has 1 atom stereocenters. The number of rotatable bonds is 7. The smallest absolute Gasteiger partial charge is 0.418 e. The number of para-hydroxylation sites is 1. The molecule has 1 unspecified atom stereocenters. The lowest BCUT2D eigenvalue weighted by Gasteiger charge is -2.19.